The summed E-state index contributed by atoms with van der Waals surface area (Å²) in [6.45, 7) is 4.21. The van der Waals surface area contributed by atoms with Crippen molar-refractivity contribution in [3.8, 4) is 0 Å². The summed E-state index contributed by atoms with van der Waals surface area (Å²) in [5.41, 5.74) is 7.04. The molecule has 4 heteroatoms. The Kier molecular flexibility index (Phi) is 5.78. The minimum Gasteiger partial charge on any atom is -0.356 e. The van der Waals surface area contributed by atoms with Crippen LogP contribution in [0.2, 0.25) is 0 Å². The molecule has 0 amide bonds. The highest BCUT2D eigenvalue weighted by atomic mass is 32.2. The molecule has 2 atom stereocenters. The SMILES string of the molecule is CCC(CSC)N(C)c1cc([C@@H](C)N)ccn1. The van der Waals surface area contributed by atoms with Gasteiger partial charge in [-0.05, 0) is 37.3 Å². The molecule has 0 aliphatic rings. The van der Waals surface area contributed by atoms with Gasteiger partial charge in [-0.25, -0.2) is 4.98 Å². The normalized spacial score (nSPS) is 14.4. The van der Waals surface area contributed by atoms with E-state index < -0.39 is 0 Å². The highest BCUT2D eigenvalue weighted by molar-refractivity contribution is 7.98. The largest absolute Gasteiger partial charge is 0.356 e. The number of pyridine rings is 1. The number of hydrogen-bond acceptors (Lipinski definition) is 4. The fourth-order valence-electron chi connectivity index (χ4n) is 1.79. The minimum atomic E-state index is 0.0609. The Balaban J connectivity index is 2.86. The maximum absolute atomic E-state index is 5.90. The van der Waals surface area contributed by atoms with Crippen molar-refractivity contribution in [1.29, 1.82) is 0 Å². The fourth-order valence-corrected chi connectivity index (χ4v) is 2.64. The van der Waals surface area contributed by atoms with E-state index in [-0.39, 0.29) is 6.04 Å². The molecule has 0 aromatic carbocycles. The smallest absolute Gasteiger partial charge is 0.128 e. The number of thioether (sulfide) groups is 1. The number of anilines is 1. The number of hydrogen-bond donors (Lipinski definition) is 1. The van der Waals surface area contributed by atoms with Crippen molar-refractivity contribution in [2.45, 2.75) is 32.4 Å². The van der Waals surface area contributed by atoms with Gasteiger partial charge in [0.15, 0.2) is 0 Å². The number of aromatic nitrogens is 1. The highest BCUT2D eigenvalue weighted by Gasteiger charge is 2.14. The first kappa shape index (κ1) is 14.3. The molecular weight excluding hydrogens is 230 g/mol. The monoisotopic (exact) mass is 253 g/mol. The van der Waals surface area contributed by atoms with Gasteiger partial charge in [0.25, 0.3) is 0 Å². The molecule has 1 aromatic heterocycles. The third-order valence-corrected chi connectivity index (χ3v) is 3.75. The standard InChI is InChI=1S/C13H23N3S/c1-5-12(9-17-4)16(3)13-8-11(10(2)14)6-7-15-13/h6-8,10,12H,5,9,14H2,1-4H3/t10-,12?/m1/s1. The van der Waals surface area contributed by atoms with E-state index in [1.54, 1.807) is 0 Å². The summed E-state index contributed by atoms with van der Waals surface area (Å²) in [7, 11) is 2.11. The first-order valence-corrected chi connectivity index (χ1v) is 7.42. The number of nitrogens with two attached hydrogens (primary N) is 1. The van der Waals surface area contributed by atoms with Crippen LogP contribution in [0, 0.1) is 0 Å². The molecule has 0 aliphatic heterocycles. The molecule has 0 radical (unpaired) electrons. The Morgan fingerprint density at radius 3 is 2.76 bits per heavy atom. The maximum atomic E-state index is 5.90. The van der Waals surface area contributed by atoms with Gasteiger partial charge in [0.1, 0.15) is 5.82 Å². The fraction of sp³-hybridized carbons (Fsp3) is 0.615. The molecule has 1 aromatic rings. The van der Waals surface area contributed by atoms with Crippen LogP contribution in [0.25, 0.3) is 0 Å². The van der Waals surface area contributed by atoms with E-state index in [9.17, 15) is 0 Å². The van der Waals surface area contributed by atoms with Crippen molar-refractivity contribution in [2.75, 3.05) is 24.0 Å². The zero-order chi connectivity index (χ0) is 12.8. The van der Waals surface area contributed by atoms with Crippen LogP contribution in [-0.4, -0.2) is 30.1 Å². The van der Waals surface area contributed by atoms with Gasteiger partial charge in [-0.2, -0.15) is 11.8 Å². The van der Waals surface area contributed by atoms with Gasteiger partial charge in [-0.1, -0.05) is 6.92 Å². The summed E-state index contributed by atoms with van der Waals surface area (Å²) < 4.78 is 0. The lowest BCUT2D eigenvalue weighted by molar-refractivity contribution is 0.664. The first-order chi connectivity index (χ1) is 8.10. The van der Waals surface area contributed by atoms with Crippen LogP contribution >= 0.6 is 11.8 Å². The molecule has 0 bridgehead atoms. The summed E-state index contributed by atoms with van der Waals surface area (Å²) >= 11 is 1.87. The average Bonchev–Trinajstić information content (AvgIpc) is 2.35. The van der Waals surface area contributed by atoms with E-state index >= 15 is 0 Å². The van der Waals surface area contributed by atoms with Crippen LogP contribution in [0.4, 0.5) is 5.82 Å². The predicted octanol–water partition coefficient (Wildman–Crippen LogP) is 2.68. The second-order valence-electron chi connectivity index (χ2n) is 4.36. The topological polar surface area (TPSA) is 42.1 Å². The van der Waals surface area contributed by atoms with Crippen molar-refractivity contribution >= 4 is 17.6 Å². The van der Waals surface area contributed by atoms with Crippen LogP contribution in [0.3, 0.4) is 0 Å². The molecule has 1 unspecified atom stereocenters. The van der Waals surface area contributed by atoms with Crippen molar-refractivity contribution in [3.63, 3.8) is 0 Å². The molecule has 0 saturated carbocycles. The highest BCUT2D eigenvalue weighted by Crippen LogP contribution is 2.19. The molecule has 2 N–H and O–H groups in total. The van der Waals surface area contributed by atoms with Crippen molar-refractivity contribution in [1.82, 2.24) is 4.98 Å². The van der Waals surface area contributed by atoms with Gasteiger partial charge >= 0.3 is 0 Å². The summed E-state index contributed by atoms with van der Waals surface area (Å²) in [4.78, 5) is 6.69. The zero-order valence-corrected chi connectivity index (χ0v) is 12.0. The van der Waals surface area contributed by atoms with Crippen molar-refractivity contribution < 1.29 is 0 Å². The summed E-state index contributed by atoms with van der Waals surface area (Å²) in [5.74, 6) is 2.14. The quantitative estimate of drug-likeness (QED) is 0.846. The van der Waals surface area contributed by atoms with Gasteiger partial charge in [0, 0.05) is 31.1 Å². The Morgan fingerprint density at radius 2 is 2.24 bits per heavy atom. The van der Waals surface area contributed by atoms with E-state index in [1.165, 1.54) is 0 Å². The van der Waals surface area contributed by atoms with E-state index in [0.717, 1.165) is 23.6 Å². The minimum absolute atomic E-state index is 0.0609. The third kappa shape index (κ3) is 3.89. The number of rotatable bonds is 6. The summed E-state index contributed by atoms with van der Waals surface area (Å²) in [6.07, 6.45) is 5.11. The van der Waals surface area contributed by atoms with Crippen LogP contribution in [0.15, 0.2) is 18.3 Å². The average molecular weight is 253 g/mol. The third-order valence-electron chi connectivity index (χ3n) is 3.03. The summed E-state index contributed by atoms with van der Waals surface area (Å²) in [5, 5.41) is 0. The molecule has 96 valence electrons. The zero-order valence-electron chi connectivity index (χ0n) is 11.2. The number of nitrogens with zero attached hydrogens (tertiary/aromatic N) is 2. The Morgan fingerprint density at radius 1 is 1.53 bits per heavy atom. The molecule has 0 aliphatic carbocycles. The van der Waals surface area contributed by atoms with Gasteiger partial charge in [-0.15, -0.1) is 0 Å². The van der Waals surface area contributed by atoms with Crippen molar-refractivity contribution in [3.05, 3.63) is 23.9 Å². The lowest BCUT2D eigenvalue weighted by Gasteiger charge is -2.28. The molecule has 0 spiro atoms. The lowest BCUT2D eigenvalue weighted by atomic mass is 10.1. The van der Waals surface area contributed by atoms with E-state index in [2.05, 4.69) is 36.2 Å². The van der Waals surface area contributed by atoms with Gasteiger partial charge in [-0.3, -0.25) is 0 Å². The van der Waals surface area contributed by atoms with Gasteiger partial charge in [0.05, 0.1) is 0 Å². The van der Waals surface area contributed by atoms with Gasteiger partial charge < -0.3 is 10.6 Å². The lowest BCUT2D eigenvalue weighted by Crippen LogP contribution is -2.33. The van der Waals surface area contributed by atoms with Crippen LogP contribution < -0.4 is 10.6 Å². The molecule has 1 heterocycles. The Hall–Kier alpha value is -0.740. The molecule has 17 heavy (non-hydrogen) atoms. The van der Waals surface area contributed by atoms with E-state index in [0.29, 0.717) is 6.04 Å². The first-order valence-electron chi connectivity index (χ1n) is 6.03. The Labute approximate surface area is 109 Å². The molecular formula is C13H23N3S. The van der Waals surface area contributed by atoms with E-state index in [4.69, 9.17) is 5.73 Å². The molecule has 0 fully saturated rings. The molecule has 3 nitrogen and oxygen atoms in total. The molecule has 1 rings (SSSR count). The predicted molar refractivity (Wildman–Crippen MR) is 77.7 cm³/mol. The Bertz CT molecular complexity index is 341. The second kappa shape index (κ2) is 6.87. The van der Waals surface area contributed by atoms with E-state index in [1.807, 2.05) is 30.9 Å². The summed E-state index contributed by atoms with van der Waals surface area (Å²) in [6, 6.07) is 4.66. The van der Waals surface area contributed by atoms with Crippen LogP contribution in [-0.2, 0) is 0 Å². The van der Waals surface area contributed by atoms with Gasteiger partial charge in [0.2, 0.25) is 0 Å². The van der Waals surface area contributed by atoms with Crippen LogP contribution in [0.5, 0.6) is 0 Å². The second-order valence-corrected chi connectivity index (χ2v) is 5.28. The maximum Gasteiger partial charge on any atom is 0.128 e. The van der Waals surface area contributed by atoms with Crippen LogP contribution in [0.1, 0.15) is 31.9 Å². The molecule has 0 saturated heterocycles. The van der Waals surface area contributed by atoms with Crippen molar-refractivity contribution in [2.24, 2.45) is 5.73 Å².